The van der Waals surface area contributed by atoms with Gasteiger partial charge >= 0.3 is 0 Å². The van der Waals surface area contributed by atoms with Crippen LogP contribution in [0.5, 0.6) is 5.88 Å². The Balaban J connectivity index is 2.02. The van der Waals surface area contributed by atoms with Crippen molar-refractivity contribution in [3.05, 3.63) is 16.3 Å². The van der Waals surface area contributed by atoms with Crippen molar-refractivity contribution in [1.82, 2.24) is 14.9 Å². The van der Waals surface area contributed by atoms with Gasteiger partial charge in [-0.1, -0.05) is 6.92 Å². The number of hydrogen-bond donors (Lipinski definition) is 0. The molecule has 0 bridgehead atoms. The number of thiophene rings is 1. The molecule has 1 atom stereocenters. The molecular formula is C17H23N3O3S. The van der Waals surface area contributed by atoms with Crippen LogP contribution in [0.25, 0.3) is 10.2 Å². The lowest BCUT2D eigenvalue weighted by molar-refractivity contribution is 0.0687. The predicted molar refractivity (Wildman–Crippen MR) is 93.7 cm³/mol. The van der Waals surface area contributed by atoms with E-state index >= 15 is 0 Å². The van der Waals surface area contributed by atoms with Gasteiger partial charge in [0.15, 0.2) is 5.82 Å². The Morgan fingerprint density at radius 1 is 1.38 bits per heavy atom. The number of aromatic nitrogens is 2. The van der Waals surface area contributed by atoms with E-state index in [-0.39, 0.29) is 5.91 Å². The molecule has 0 radical (unpaired) electrons. The molecule has 7 heteroatoms. The molecule has 3 rings (SSSR count). The molecule has 1 unspecified atom stereocenters. The second kappa shape index (κ2) is 7.03. The monoisotopic (exact) mass is 349 g/mol. The van der Waals surface area contributed by atoms with Crippen molar-refractivity contribution in [3.63, 3.8) is 0 Å². The molecule has 2 aromatic heterocycles. The van der Waals surface area contributed by atoms with E-state index in [9.17, 15) is 4.79 Å². The fraction of sp³-hybridized carbons (Fsp3) is 0.588. The summed E-state index contributed by atoms with van der Waals surface area (Å²) in [6, 6.07) is 0. The number of ether oxygens (including phenoxy) is 2. The van der Waals surface area contributed by atoms with Crippen LogP contribution in [0, 0.1) is 12.8 Å². The highest BCUT2D eigenvalue weighted by Crippen LogP contribution is 2.36. The quantitative estimate of drug-likeness (QED) is 0.849. The minimum absolute atomic E-state index is 0.0948. The Hall–Kier alpha value is -1.73. The van der Waals surface area contributed by atoms with Crippen LogP contribution >= 0.6 is 11.3 Å². The third kappa shape index (κ3) is 3.10. The second-order valence-corrected chi connectivity index (χ2v) is 7.32. The highest BCUT2D eigenvalue weighted by atomic mass is 32.1. The van der Waals surface area contributed by atoms with Crippen molar-refractivity contribution < 1.29 is 14.3 Å². The van der Waals surface area contributed by atoms with Gasteiger partial charge in [0.2, 0.25) is 5.88 Å². The summed E-state index contributed by atoms with van der Waals surface area (Å²) in [6.07, 6.45) is 2.26. The van der Waals surface area contributed by atoms with E-state index in [1.165, 1.54) is 17.8 Å². The molecule has 0 aromatic carbocycles. The van der Waals surface area contributed by atoms with Crippen LogP contribution in [-0.4, -0.2) is 48.1 Å². The summed E-state index contributed by atoms with van der Waals surface area (Å²) in [5.41, 5.74) is 0.902. The van der Waals surface area contributed by atoms with Crippen molar-refractivity contribution in [2.24, 2.45) is 5.92 Å². The number of likely N-dealkylation sites (tertiary alicyclic amines) is 1. The number of amides is 1. The lowest BCUT2D eigenvalue weighted by Gasteiger charge is -2.30. The van der Waals surface area contributed by atoms with E-state index in [1.54, 1.807) is 14.2 Å². The van der Waals surface area contributed by atoms with E-state index < -0.39 is 0 Å². The number of rotatable bonds is 4. The SMILES string of the molecule is COCc1nc(OC)c2c(C)c(C(=O)N3CCCC(C)C3)sc2n1. The first-order chi connectivity index (χ1) is 11.5. The molecule has 0 saturated carbocycles. The van der Waals surface area contributed by atoms with Gasteiger partial charge in [-0.05, 0) is 31.2 Å². The van der Waals surface area contributed by atoms with Crippen molar-refractivity contribution >= 4 is 27.5 Å². The number of piperidine rings is 1. The van der Waals surface area contributed by atoms with E-state index in [1.807, 2.05) is 11.8 Å². The summed E-state index contributed by atoms with van der Waals surface area (Å²) in [5.74, 6) is 1.72. The van der Waals surface area contributed by atoms with Crippen LogP contribution in [0.3, 0.4) is 0 Å². The van der Waals surface area contributed by atoms with Gasteiger partial charge in [0.25, 0.3) is 5.91 Å². The number of fused-ring (bicyclic) bond motifs is 1. The zero-order valence-corrected chi connectivity index (χ0v) is 15.4. The third-order valence-corrected chi connectivity index (χ3v) is 5.58. The number of nitrogens with zero attached hydrogens (tertiary/aromatic N) is 3. The second-order valence-electron chi connectivity index (χ2n) is 6.32. The van der Waals surface area contributed by atoms with Gasteiger partial charge < -0.3 is 14.4 Å². The average molecular weight is 349 g/mol. The minimum Gasteiger partial charge on any atom is -0.480 e. The molecule has 1 aliphatic rings. The Labute approximate surface area is 145 Å². The summed E-state index contributed by atoms with van der Waals surface area (Å²) in [7, 11) is 3.19. The van der Waals surface area contributed by atoms with Crippen LogP contribution < -0.4 is 4.74 Å². The molecule has 3 heterocycles. The van der Waals surface area contributed by atoms with Crippen molar-refractivity contribution in [2.75, 3.05) is 27.3 Å². The van der Waals surface area contributed by atoms with Gasteiger partial charge in [-0.2, -0.15) is 4.98 Å². The van der Waals surface area contributed by atoms with Crippen molar-refractivity contribution in [1.29, 1.82) is 0 Å². The normalized spacial score (nSPS) is 18.2. The Morgan fingerprint density at radius 3 is 2.83 bits per heavy atom. The number of hydrogen-bond acceptors (Lipinski definition) is 6. The smallest absolute Gasteiger partial charge is 0.264 e. The highest BCUT2D eigenvalue weighted by Gasteiger charge is 2.27. The van der Waals surface area contributed by atoms with Gasteiger partial charge in [0.1, 0.15) is 11.4 Å². The third-order valence-electron chi connectivity index (χ3n) is 4.41. The Morgan fingerprint density at radius 2 is 2.17 bits per heavy atom. The molecule has 1 amide bonds. The summed E-state index contributed by atoms with van der Waals surface area (Å²) in [6.45, 7) is 6.11. The standard InChI is InChI=1S/C17H23N3O3S/c1-10-6-5-7-20(8-10)17(21)14-11(2)13-15(23-4)18-12(9-22-3)19-16(13)24-14/h10H,5-9H2,1-4H3. The van der Waals surface area contributed by atoms with Crippen molar-refractivity contribution in [2.45, 2.75) is 33.3 Å². The van der Waals surface area contributed by atoms with Crippen molar-refractivity contribution in [3.8, 4) is 5.88 Å². The van der Waals surface area contributed by atoms with Crippen LogP contribution in [0.15, 0.2) is 0 Å². The molecule has 1 fully saturated rings. The number of carbonyl (C=O) groups excluding carboxylic acids is 1. The van der Waals surface area contributed by atoms with Crippen LogP contribution in [0.1, 0.15) is 40.8 Å². The van der Waals surface area contributed by atoms with E-state index in [0.29, 0.717) is 24.2 Å². The number of methoxy groups -OCH3 is 2. The van der Waals surface area contributed by atoms with Gasteiger partial charge in [0, 0.05) is 20.2 Å². The molecule has 0 aliphatic carbocycles. The lowest BCUT2D eigenvalue weighted by Crippen LogP contribution is -2.38. The highest BCUT2D eigenvalue weighted by molar-refractivity contribution is 7.20. The Kier molecular flexibility index (Phi) is 5.01. The largest absolute Gasteiger partial charge is 0.480 e. The maximum atomic E-state index is 13.0. The van der Waals surface area contributed by atoms with Crippen LogP contribution in [0.4, 0.5) is 0 Å². The van der Waals surface area contributed by atoms with Gasteiger partial charge in [-0.15, -0.1) is 11.3 Å². The number of aryl methyl sites for hydroxylation is 1. The lowest BCUT2D eigenvalue weighted by atomic mass is 10.00. The molecule has 1 aliphatic heterocycles. The van der Waals surface area contributed by atoms with E-state index in [2.05, 4.69) is 16.9 Å². The fourth-order valence-electron chi connectivity index (χ4n) is 3.21. The summed E-state index contributed by atoms with van der Waals surface area (Å²) < 4.78 is 10.5. The van der Waals surface area contributed by atoms with E-state index in [0.717, 1.165) is 40.2 Å². The zero-order valence-electron chi connectivity index (χ0n) is 14.6. The number of carbonyl (C=O) groups is 1. The molecule has 6 nitrogen and oxygen atoms in total. The minimum atomic E-state index is 0.0948. The van der Waals surface area contributed by atoms with E-state index in [4.69, 9.17) is 9.47 Å². The average Bonchev–Trinajstić information content (AvgIpc) is 2.90. The molecule has 0 N–H and O–H groups in total. The first-order valence-electron chi connectivity index (χ1n) is 8.17. The first-order valence-corrected chi connectivity index (χ1v) is 8.99. The molecule has 0 spiro atoms. The van der Waals surface area contributed by atoms with Crippen LogP contribution in [0.2, 0.25) is 0 Å². The zero-order chi connectivity index (χ0) is 17.3. The molecule has 2 aromatic rings. The van der Waals surface area contributed by atoms with Gasteiger partial charge in [-0.25, -0.2) is 4.98 Å². The van der Waals surface area contributed by atoms with Crippen LogP contribution in [-0.2, 0) is 11.3 Å². The maximum absolute atomic E-state index is 13.0. The van der Waals surface area contributed by atoms with Gasteiger partial charge in [0.05, 0.1) is 17.4 Å². The Bertz CT molecular complexity index is 759. The summed E-state index contributed by atoms with van der Waals surface area (Å²) >= 11 is 1.42. The molecule has 24 heavy (non-hydrogen) atoms. The summed E-state index contributed by atoms with van der Waals surface area (Å²) in [4.78, 5) is 25.4. The molecule has 1 saturated heterocycles. The fourth-order valence-corrected chi connectivity index (χ4v) is 4.37. The topological polar surface area (TPSA) is 64.6 Å². The summed E-state index contributed by atoms with van der Waals surface area (Å²) in [5, 5.41) is 0.829. The maximum Gasteiger partial charge on any atom is 0.264 e. The molecular weight excluding hydrogens is 326 g/mol. The predicted octanol–water partition coefficient (Wildman–Crippen LogP) is 3.03. The first kappa shape index (κ1) is 17.1. The molecule has 130 valence electrons. The van der Waals surface area contributed by atoms with Gasteiger partial charge in [-0.3, -0.25) is 4.79 Å².